The molecular formula is C18H26N2O2. The summed E-state index contributed by atoms with van der Waals surface area (Å²) in [7, 11) is 0. The first kappa shape index (κ1) is 15.2. The zero-order valence-corrected chi connectivity index (χ0v) is 13.7. The fourth-order valence-electron chi connectivity index (χ4n) is 3.12. The average Bonchev–Trinajstić information content (AvgIpc) is 3.14. The number of ether oxygens (including phenoxy) is 1. The number of rotatable bonds is 6. The second-order valence-electron chi connectivity index (χ2n) is 6.77. The molecule has 0 aromatic heterocycles. The molecule has 0 saturated heterocycles. The van der Waals surface area contributed by atoms with Crippen molar-refractivity contribution in [3.05, 3.63) is 23.8 Å². The number of carbonyl (C=O) groups excluding carboxylic acids is 1. The largest absolute Gasteiger partial charge is 0.468 e. The molecule has 1 aromatic rings. The van der Waals surface area contributed by atoms with Crippen LogP contribution in [-0.2, 0) is 4.79 Å². The molecule has 2 N–H and O–H groups in total. The number of benzene rings is 1. The molecule has 1 aliphatic carbocycles. The number of nitrogens with one attached hydrogen (secondary N) is 2. The highest BCUT2D eigenvalue weighted by molar-refractivity contribution is 5.77. The summed E-state index contributed by atoms with van der Waals surface area (Å²) < 4.78 is 6.09. The molecule has 1 aromatic carbocycles. The van der Waals surface area contributed by atoms with Gasteiger partial charge in [-0.3, -0.25) is 4.79 Å². The molecule has 4 nitrogen and oxygen atoms in total. The summed E-state index contributed by atoms with van der Waals surface area (Å²) in [5, 5.41) is 6.49. The van der Waals surface area contributed by atoms with Gasteiger partial charge in [0.25, 0.3) is 0 Å². The third kappa shape index (κ3) is 3.06. The molecule has 22 heavy (non-hydrogen) atoms. The molecule has 4 heteroatoms. The summed E-state index contributed by atoms with van der Waals surface area (Å²) in [6.45, 7) is 6.80. The van der Waals surface area contributed by atoms with Crippen LogP contribution in [0, 0.1) is 11.8 Å². The van der Waals surface area contributed by atoms with Gasteiger partial charge in [0.1, 0.15) is 5.75 Å². The maximum absolute atomic E-state index is 11.7. The van der Waals surface area contributed by atoms with Crippen LogP contribution in [-0.4, -0.2) is 18.7 Å². The van der Waals surface area contributed by atoms with Crippen LogP contribution in [0.5, 0.6) is 5.75 Å². The molecule has 120 valence electrons. The van der Waals surface area contributed by atoms with Crippen LogP contribution in [0.3, 0.4) is 0 Å². The molecule has 1 unspecified atom stereocenters. The van der Waals surface area contributed by atoms with E-state index in [2.05, 4.69) is 35.8 Å². The highest BCUT2D eigenvalue weighted by atomic mass is 16.5. The summed E-state index contributed by atoms with van der Waals surface area (Å²) in [4.78, 5) is 11.7. The van der Waals surface area contributed by atoms with Crippen molar-refractivity contribution in [3.8, 4) is 5.75 Å². The third-order valence-electron chi connectivity index (χ3n) is 4.56. The van der Waals surface area contributed by atoms with Crippen LogP contribution in [0.15, 0.2) is 18.2 Å². The van der Waals surface area contributed by atoms with Crippen LogP contribution < -0.4 is 15.4 Å². The molecule has 2 aliphatic rings. The minimum atomic E-state index is 0.0560. The lowest BCUT2D eigenvalue weighted by Gasteiger charge is -2.11. The summed E-state index contributed by atoms with van der Waals surface area (Å²) in [6, 6.07) is 6.36. The number of fused-ring (bicyclic) bond motifs is 1. The van der Waals surface area contributed by atoms with Gasteiger partial charge < -0.3 is 15.4 Å². The molecule has 3 atom stereocenters. The SMILES string of the molecule is CCCC1Nc2cccc([C@@H]3C[C@H]3CNC(=O)C(C)C)c2O1. The molecule has 0 radical (unpaired) electrons. The van der Waals surface area contributed by atoms with E-state index in [4.69, 9.17) is 4.74 Å². The Morgan fingerprint density at radius 1 is 1.45 bits per heavy atom. The van der Waals surface area contributed by atoms with Crippen LogP contribution in [0.4, 0.5) is 5.69 Å². The van der Waals surface area contributed by atoms with Gasteiger partial charge in [-0.1, -0.05) is 39.3 Å². The Bertz CT molecular complexity index is 556. The molecule has 1 fully saturated rings. The Morgan fingerprint density at radius 2 is 2.27 bits per heavy atom. The van der Waals surface area contributed by atoms with E-state index < -0.39 is 0 Å². The normalized spacial score (nSPS) is 25.4. The van der Waals surface area contributed by atoms with Crippen LogP contribution in [0.25, 0.3) is 0 Å². The van der Waals surface area contributed by atoms with E-state index >= 15 is 0 Å². The van der Waals surface area contributed by atoms with Crippen molar-refractivity contribution in [2.24, 2.45) is 11.8 Å². The molecular weight excluding hydrogens is 276 g/mol. The second-order valence-corrected chi connectivity index (χ2v) is 6.77. The molecule has 1 heterocycles. The van der Waals surface area contributed by atoms with E-state index in [-0.39, 0.29) is 18.1 Å². The lowest BCUT2D eigenvalue weighted by atomic mass is 10.1. The van der Waals surface area contributed by atoms with Crippen LogP contribution in [0.1, 0.15) is 51.5 Å². The molecule has 1 saturated carbocycles. The standard InChI is InChI=1S/C18H26N2O2/c1-4-6-16-20-15-8-5-7-13(17(15)22-16)14-9-12(14)10-19-18(21)11(2)3/h5,7-8,11-12,14,16,20H,4,6,9-10H2,1-3H3,(H,19,21)/t12-,14+,16?/m0/s1. The van der Waals surface area contributed by atoms with Gasteiger partial charge in [-0.25, -0.2) is 0 Å². The van der Waals surface area contributed by atoms with Crippen molar-refractivity contribution >= 4 is 11.6 Å². The molecule has 3 rings (SSSR count). The predicted molar refractivity (Wildman–Crippen MR) is 88.1 cm³/mol. The Morgan fingerprint density at radius 3 is 3.00 bits per heavy atom. The van der Waals surface area contributed by atoms with Gasteiger partial charge in [0.05, 0.1) is 5.69 Å². The molecule has 0 bridgehead atoms. The lowest BCUT2D eigenvalue weighted by molar-refractivity contribution is -0.124. The maximum Gasteiger partial charge on any atom is 0.222 e. The van der Waals surface area contributed by atoms with E-state index in [1.54, 1.807) is 0 Å². The fourth-order valence-corrected chi connectivity index (χ4v) is 3.12. The Balaban J connectivity index is 1.62. The van der Waals surface area contributed by atoms with Crippen molar-refractivity contribution in [3.63, 3.8) is 0 Å². The maximum atomic E-state index is 11.7. The van der Waals surface area contributed by atoms with Gasteiger partial charge in [-0.05, 0) is 29.9 Å². The lowest BCUT2D eigenvalue weighted by Crippen LogP contribution is -2.29. The predicted octanol–water partition coefficient (Wildman–Crippen LogP) is 3.49. The van der Waals surface area contributed by atoms with Crippen molar-refractivity contribution in [1.29, 1.82) is 0 Å². The Hall–Kier alpha value is -1.71. The van der Waals surface area contributed by atoms with Crippen molar-refractivity contribution in [2.45, 2.75) is 52.2 Å². The minimum absolute atomic E-state index is 0.0560. The quantitative estimate of drug-likeness (QED) is 0.845. The van der Waals surface area contributed by atoms with Gasteiger partial charge >= 0.3 is 0 Å². The summed E-state index contributed by atoms with van der Waals surface area (Å²) in [5.74, 6) is 2.29. The van der Waals surface area contributed by atoms with Gasteiger partial charge in [0.2, 0.25) is 5.91 Å². The van der Waals surface area contributed by atoms with E-state index in [0.29, 0.717) is 11.8 Å². The van der Waals surface area contributed by atoms with Crippen LogP contribution >= 0.6 is 0 Å². The van der Waals surface area contributed by atoms with Crippen molar-refractivity contribution < 1.29 is 9.53 Å². The summed E-state index contributed by atoms with van der Waals surface area (Å²) in [5.41, 5.74) is 2.42. The summed E-state index contributed by atoms with van der Waals surface area (Å²) in [6.07, 6.45) is 3.37. The minimum Gasteiger partial charge on any atom is -0.468 e. The molecule has 1 aliphatic heterocycles. The second kappa shape index (κ2) is 6.19. The molecule has 1 amide bonds. The first-order chi connectivity index (χ1) is 10.6. The monoisotopic (exact) mass is 302 g/mol. The Kier molecular flexibility index (Phi) is 4.27. The van der Waals surface area contributed by atoms with Crippen molar-refractivity contribution in [1.82, 2.24) is 5.32 Å². The number of hydrogen-bond donors (Lipinski definition) is 2. The smallest absolute Gasteiger partial charge is 0.222 e. The van der Waals surface area contributed by atoms with Gasteiger partial charge in [0, 0.05) is 18.9 Å². The highest BCUT2D eigenvalue weighted by Crippen LogP contribution is 2.53. The van der Waals surface area contributed by atoms with E-state index in [0.717, 1.165) is 37.2 Å². The van der Waals surface area contributed by atoms with E-state index in [1.165, 1.54) is 5.56 Å². The number of para-hydroxylation sites is 1. The van der Waals surface area contributed by atoms with Crippen molar-refractivity contribution in [2.75, 3.05) is 11.9 Å². The zero-order valence-electron chi connectivity index (χ0n) is 13.7. The number of carbonyl (C=O) groups is 1. The topological polar surface area (TPSA) is 50.4 Å². The highest BCUT2D eigenvalue weighted by Gasteiger charge is 2.41. The summed E-state index contributed by atoms with van der Waals surface area (Å²) >= 11 is 0. The van der Waals surface area contributed by atoms with Gasteiger partial charge in [0.15, 0.2) is 6.23 Å². The molecule has 0 spiro atoms. The first-order valence-electron chi connectivity index (χ1n) is 8.44. The number of amides is 1. The van der Waals surface area contributed by atoms with E-state index in [1.807, 2.05) is 13.8 Å². The Labute approximate surface area is 132 Å². The van der Waals surface area contributed by atoms with Gasteiger partial charge in [-0.2, -0.15) is 0 Å². The number of hydrogen-bond acceptors (Lipinski definition) is 3. The fraction of sp³-hybridized carbons (Fsp3) is 0.611. The van der Waals surface area contributed by atoms with E-state index in [9.17, 15) is 4.79 Å². The number of anilines is 1. The third-order valence-corrected chi connectivity index (χ3v) is 4.56. The van der Waals surface area contributed by atoms with Crippen LogP contribution in [0.2, 0.25) is 0 Å². The average molecular weight is 302 g/mol. The first-order valence-corrected chi connectivity index (χ1v) is 8.44. The van der Waals surface area contributed by atoms with Gasteiger partial charge in [-0.15, -0.1) is 0 Å². The zero-order chi connectivity index (χ0) is 15.7.